The third kappa shape index (κ3) is 3.04. The molecule has 22 heavy (non-hydrogen) atoms. The summed E-state index contributed by atoms with van der Waals surface area (Å²) in [7, 11) is 0. The molecule has 1 saturated heterocycles. The van der Waals surface area contributed by atoms with E-state index in [1.54, 1.807) is 17.2 Å². The van der Waals surface area contributed by atoms with Gasteiger partial charge in [-0.2, -0.15) is 5.10 Å². The second-order valence-electron chi connectivity index (χ2n) is 5.97. The average Bonchev–Trinajstić information content (AvgIpc) is 3.05. The minimum absolute atomic E-state index is 0.0918. The Morgan fingerprint density at radius 1 is 1.41 bits per heavy atom. The zero-order valence-electron chi connectivity index (χ0n) is 12.7. The fourth-order valence-electron chi connectivity index (χ4n) is 3.07. The summed E-state index contributed by atoms with van der Waals surface area (Å²) in [6.45, 7) is 3.15. The summed E-state index contributed by atoms with van der Waals surface area (Å²) in [5.74, 6) is 0.109. The number of carbonyl (C=O) groups is 1. The molecule has 1 fully saturated rings. The molecule has 0 bridgehead atoms. The van der Waals surface area contributed by atoms with Crippen LogP contribution in [-0.2, 0) is 6.42 Å². The Balaban J connectivity index is 1.63. The Hall–Kier alpha value is -2.14. The Morgan fingerprint density at radius 2 is 2.23 bits per heavy atom. The number of aliphatic hydroxyl groups is 1. The molecular weight excluding hydrogens is 278 g/mol. The van der Waals surface area contributed by atoms with Crippen molar-refractivity contribution in [3.8, 4) is 0 Å². The zero-order chi connectivity index (χ0) is 15.5. The van der Waals surface area contributed by atoms with Gasteiger partial charge in [0.2, 0.25) is 0 Å². The van der Waals surface area contributed by atoms with Crippen molar-refractivity contribution in [3.63, 3.8) is 0 Å². The fraction of sp³-hybridized carbons (Fsp3) is 0.412. The number of amides is 1. The number of aromatic amines is 1. The first kappa shape index (κ1) is 14.8. The van der Waals surface area contributed by atoms with E-state index in [4.69, 9.17) is 0 Å². The summed E-state index contributed by atoms with van der Waals surface area (Å²) in [5.41, 5.74) is 3.01. The van der Waals surface area contributed by atoms with Crippen LogP contribution in [0.5, 0.6) is 0 Å². The van der Waals surface area contributed by atoms with Gasteiger partial charge in [-0.3, -0.25) is 9.89 Å². The summed E-state index contributed by atoms with van der Waals surface area (Å²) in [6, 6.07) is 9.93. The number of hydrogen-bond donors (Lipinski definition) is 2. The molecule has 0 aliphatic carbocycles. The molecule has 2 N–H and O–H groups in total. The minimum atomic E-state index is -0.486. The molecule has 5 nitrogen and oxygen atoms in total. The van der Waals surface area contributed by atoms with E-state index in [1.807, 2.05) is 12.1 Å². The SMILES string of the molecule is Cc1ccccc1C[C@H]1CCN(C(=O)c2ccn[nH]2)C[C@H]1O. The van der Waals surface area contributed by atoms with Crippen molar-refractivity contribution < 1.29 is 9.90 Å². The maximum atomic E-state index is 12.3. The topological polar surface area (TPSA) is 69.2 Å². The summed E-state index contributed by atoms with van der Waals surface area (Å²) < 4.78 is 0. The van der Waals surface area contributed by atoms with Crippen LogP contribution < -0.4 is 0 Å². The number of carbonyl (C=O) groups excluding carboxylic acids is 1. The minimum Gasteiger partial charge on any atom is -0.391 e. The van der Waals surface area contributed by atoms with Gasteiger partial charge in [0, 0.05) is 19.3 Å². The van der Waals surface area contributed by atoms with Crippen LogP contribution in [0.1, 0.15) is 28.0 Å². The molecule has 3 rings (SSSR count). The Kier molecular flexibility index (Phi) is 4.24. The molecule has 1 aliphatic heterocycles. The number of nitrogens with one attached hydrogen (secondary N) is 1. The van der Waals surface area contributed by atoms with Crippen LogP contribution in [0.15, 0.2) is 36.5 Å². The zero-order valence-corrected chi connectivity index (χ0v) is 12.7. The molecule has 1 aromatic heterocycles. The van der Waals surface area contributed by atoms with Gasteiger partial charge in [0.15, 0.2) is 0 Å². The van der Waals surface area contributed by atoms with Crippen LogP contribution in [0, 0.1) is 12.8 Å². The summed E-state index contributed by atoms with van der Waals surface area (Å²) in [5, 5.41) is 16.9. The summed E-state index contributed by atoms with van der Waals surface area (Å²) in [4.78, 5) is 14.0. The van der Waals surface area contributed by atoms with Crippen molar-refractivity contribution in [2.24, 2.45) is 5.92 Å². The van der Waals surface area contributed by atoms with Gasteiger partial charge in [-0.1, -0.05) is 24.3 Å². The highest BCUT2D eigenvalue weighted by atomic mass is 16.3. The number of aromatic nitrogens is 2. The smallest absolute Gasteiger partial charge is 0.271 e. The van der Waals surface area contributed by atoms with Crippen LogP contribution in [0.3, 0.4) is 0 Å². The van der Waals surface area contributed by atoms with Gasteiger partial charge in [0.05, 0.1) is 6.10 Å². The van der Waals surface area contributed by atoms with Gasteiger partial charge in [0.1, 0.15) is 5.69 Å². The number of likely N-dealkylation sites (tertiary alicyclic amines) is 1. The highest BCUT2D eigenvalue weighted by molar-refractivity contribution is 5.92. The quantitative estimate of drug-likeness (QED) is 0.908. The Labute approximate surface area is 130 Å². The molecule has 1 aromatic carbocycles. The third-order valence-corrected chi connectivity index (χ3v) is 4.48. The van der Waals surface area contributed by atoms with Crippen LogP contribution in [0.4, 0.5) is 0 Å². The second-order valence-corrected chi connectivity index (χ2v) is 5.97. The lowest BCUT2D eigenvalue weighted by atomic mass is 9.86. The lowest BCUT2D eigenvalue weighted by Crippen LogP contribution is -2.47. The maximum Gasteiger partial charge on any atom is 0.271 e. The average molecular weight is 299 g/mol. The molecule has 0 radical (unpaired) electrons. The van der Waals surface area contributed by atoms with Crippen LogP contribution in [-0.4, -0.2) is 45.3 Å². The van der Waals surface area contributed by atoms with Crippen molar-refractivity contribution >= 4 is 5.91 Å². The standard InChI is InChI=1S/C17H21N3O2/c1-12-4-2-3-5-13(12)10-14-7-9-20(11-16(14)21)17(22)15-6-8-18-19-15/h2-6,8,14,16,21H,7,9-11H2,1H3,(H,18,19)/t14-,16-/m1/s1. The van der Waals surface area contributed by atoms with Crippen LogP contribution in [0.25, 0.3) is 0 Å². The van der Waals surface area contributed by atoms with Gasteiger partial charge in [-0.15, -0.1) is 0 Å². The van der Waals surface area contributed by atoms with E-state index < -0.39 is 6.10 Å². The van der Waals surface area contributed by atoms with Crippen LogP contribution >= 0.6 is 0 Å². The van der Waals surface area contributed by atoms with Crippen molar-refractivity contribution in [3.05, 3.63) is 53.3 Å². The molecular formula is C17H21N3O2. The number of nitrogens with zero attached hydrogens (tertiary/aromatic N) is 2. The van der Waals surface area contributed by atoms with E-state index >= 15 is 0 Å². The number of H-pyrrole nitrogens is 1. The Bertz CT molecular complexity index is 639. The molecule has 116 valence electrons. The summed E-state index contributed by atoms with van der Waals surface area (Å²) in [6.07, 6.45) is 2.75. The number of rotatable bonds is 3. The fourth-order valence-corrected chi connectivity index (χ4v) is 3.07. The molecule has 0 saturated carbocycles. The molecule has 2 aromatic rings. The van der Waals surface area contributed by atoms with Gasteiger partial charge < -0.3 is 10.0 Å². The van der Waals surface area contributed by atoms with E-state index in [2.05, 4.69) is 29.3 Å². The van der Waals surface area contributed by atoms with Crippen LogP contribution in [0.2, 0.25) is 0 Å². The number of piperidine rings is 1. The monoisotopic (exact) mass is 299 g/mol. The van der Waals surface area contributed by atoms with Crippen molar-refractivity contribution in [2.45, 2.75) is 25.9 Å². The predicted octanol–water partition coefficient (Wildman–Crippen LogP) is 1.78. The normalized spacial score (nSPS) is 21.8. The number of β-amino-alcohol motifs (C(OH)–C–C–N with tert-alkyl or cyclic N) is 1. The lowest BCUT2D eigenvalue weighted by Gasteiger charge is -2.36. The molecule has 5 heteroatoms. The first-order valence-corrected chi connectivity index (χ1v) is 7.66. The van der Waals surface area contributed by atoms with Crippen molar-refractivity contribution in [2.75, 3.05) is 13.1 Å². The van der Waals surface area contributed by atoms with Gasteiger partial charge in [0.25, 0.3) is 5.91 Å². The maximum absolute atomic E-state index is 12.3. The highest BCUT2D eigenvalue weighted by Crippen LogP contribution is 2.24. The van der Waals surface area contributed by atoms with E-state index in [0.717, 1.165) is 12.8 Å². The number of aryl methyl sites for hydroxylation is 1. The molecule has 0 unspecified atom stereocenters. The van der Waals surface area contributed by atoms with E-state index in [-0.39, 0.29) is 11.8 Å². The highest BCUT2D eigenvalue weighted by Gasteiger charge is 2.31. The lowest BCUT2D eigenvalue weighted by molar-refractivity contribution is 0.0194. The molecule has 1 aliphatic rings. The molecule has 2 atom stereocenters. The van der Waals surface area contributed by atoms with Crippen molar-refractivity contribution in [1.29, 1.82) is 0 Å². The first-order chi connectivity index (χ1) is 10.6. The van der Waals surface area contributed by atoms with Gasteiger partial charge >= 0.3 is 0 Å². The third-order valence-electron chi connectivity index (χ3n) is 4.48. The van der Waals surface area contributed by atoms with Crippen molar-refractivity contribution in [1.82, 2.24) is 15.1 Å². The molecule has 1 amide bonds. The summed E-state index contributed by atoms with van der Waals surface area (Å²) >= 11 is 0. The number of aliphatic hydroxyl groups excluding tert-OH is 1. The van der Waals surface area contributed by atoms with Gasteiger partial charge in [-0.25, -0.2) is 0 Å². The molecule has 2 heterocycles. The van der Waals surface area contributed by atoms with E-state index in [1.165, 1.54) is 11.1 Å². The largest absolute Gasteiger partial charge is 0.391 e. The van der Waals surface area contributed by atoms with E-state index in [9.17, 15) is 9.90 Å². The molecule has 0 spiro atoms. The number of hydrogen-bond acceptors (Lipinski definition) is 3. The Morgan fingerprint density at radius 3 is 2.91 bits per heavy atom. The van der Waals surface area contributed by atoms with Gasteiger partial charge in [-0.05, 0) is 42.9 Å². The predicted molar refractivity (Wildman–Crippen MR) is 83.5 cm³/mol. The first-order valence-electron chi connectivity index (χ1n) is 7.66. The van der Waals surface area contributed by atoms with E-state index in [0.29, 0.717) is 18.8 Å². The second kappa shape index (κ2) is 6.32. The number of benzene rings is 1.